The minimum atomic E-state index is -2.79. The number of hydrogen-bond donors (Lipinski definition) is 2. The summed E-state index contributed by atoms with van der Waals surface area (Å²) in [5.74, 6) is -0.669. The van der Waals surface area contributed by atoms with E-state index in [9.17, 15) is 19.0 Å². The van der Waals surface area contributed by atoms with E-state index in [1.165, 1.54) is 17.4 Å². The van der Waals surface area contributed by atoms with Gasteiger partial charge in [0.1, 0.15) is 11.5 Å². The Morgan fingerprint density at radius 1 is 1.29 bits per heavy atom. The number of alkyl halides is 2. The van der Waals surface area contributed by atoms with E-state index in [4.69, 9.17) is 0 Å². The highest BCUT2D eigenvalue weighted by molar-refractivity contribution is 7.17. The summed E-state index contributed by atoms with van der Waals surface area (Å²) in [5, 5.41) is 20.7. The summed E-state index contributed by atoms with van der Waals surface area (Å²) < 4.78 is 25.2. The molecule has 0 aliphatic rings. The van der Waals surface area contributed by atoms with Crippen molar-refractivity contribution in [2.75, 3.05) is 0 Å². The van der Waals surface area contributed by atoms with Crippen LogP contribution < -0.4 is 0 Å². The Bertz CT molecular complexity index is 479. The lowest BCUT2D eigenvalue weighted by molar-refractivity contribution is 0.147. The van der Waals surface area contributed by atoms with Crippen LogP contribution in [0.25, 0.3) is 10.1 Å². The van der Waals surface area contributed by atoms with Crippen LogP contribution in [0.2, 0.25) is 0 Å². The number of phenols is 2. The lowest BCUT2D eigenvalue weighted by Crippen LogP contribution is -1.85. The van der Waals surface area contributed by atoms with Gasteiger partial charge in [0.05, 0.1) is 10.3 Å². The molecule has 0 bridgehead atoms. The average molecular weight is 216 g/mol. The molecule has 2 N–H and O–H groups in total. The SMILES string of the molecule is Oc1c(C(F)F)cc(O)c2sccc12. The fourth-order valence-electron chi connectivity index (χ4n) is 1.30. The molecule has 1 aromatic heterocycles. The van der Waals surface area contributed by atoms with Crippen LogP contribution in [0.3, 0.4) is 0 Å². The van der Waals surface area contributed by atoms with Gasteiger partial charge in [0.2, 0.25) is 0 Å². The van der Waals surface area contributed by atoms with Crippen molar-refractivity contribution in [1.82, 2.24) is 0 Å². The molecule has 0 saturated carbocycles. The van der Waals surface area contributed by atoms with E-state index in [1.807, 2.05) is 0 Å². The summed E-state index contributed by atoms with van der Waals surface area (Å²) in [7, 11) is 0. The molecule has 1 aromatic carbocycles. The molecule has 0 aliphatic carbocycles. The van der Waals surface area contributed by atoms with Crippen molar-refractivity contribution >= 4 is 21.4 Å². The quantitative estimate of drug-likeness (QED) is 0.718. The molecule has 74 valence electrons. The van der Waals surface area contributed by atoms with E-state index in [-0.39, 0.29) is 11.1 Å². The lowest BCUT2D eigenvalue weighted by Gasteiger charge is -2.05. The largest absolute Gasteiger partial charge is 0.507 e. The van der Waals surface area contributed by atoms with Crippen LogP contribution in [0.5, 0.6) is 11.5 Å². The molecule has 0 amide bonds. The summed E-state index contributed by atoms with van der Waals surface area (Å²) in [6.45, 7) is 0. The fraction of sp³-hybridized carbons (Fsp3) is 0.111. The smallest absolute Gasteiger partial charge is 0.267 e. The van der Waals surface area contributed by atoms with Gasteiger partial charge in [0, 0.05) is 5.39 Å². The zero-order valence-corrected chi connectivity index (χ0v) is 7.68. The summed E-state index contributed by atoms with van der Waals surface area (Å²) in [5.41, 5.74) is -0.534. The van der Waals surface area contributed by atoms with Crippen molar-refractivity contribution in [2.45, 2.75) is 6.43 Å². The molecule has 0 radical (unpaired) electrons. The van der Waals surface area contributed by atoms with Crippen LogP contribution in [0.15, 0.2) is 17.5 Å². The molecule has 0 aliphatic heterocycles. The second-order valence-corrected chi connectivity index (χ2v) is 3.71. The zero-order valence-electron chi connectivity index (χ0n) is 6.87. The first-order valence-corrected chi connectivity index (χ1v) is 4.69. The second kappa shape index (κ2) is 3.09. The first kappa shape index (κ1) is 9.21. The van der Waals surface area contributed by atoms with Gasteiger partial charge in [-0.05, 0) is 17.5 Å². The van der Waals surface area contributed by atoms with Crippen LogP contribution in [0, 0.1) is 0 Å². The first-order valence-electron chi connectivity index (χ1n) is 3.81. The van der Waals surface area contributed by atoms with E-state index in [0.29, 0.717) is 4.70 Å². The van der Waals surface area contributed by atoms with Gasteiger partial charge < -0.3 is 10.2 Å². The van der Waals surface area contributed by atoms with Crippen molar-refractivity contribution in [3.8, 4) is 11.5 Å². The highest BCUT2D eigenvalue weighted by Gasteiger charge is 2.18. The molecular weight excluding hydrogens is 210 g/mol. The monoisotopic (exact) mass is 216 g/mol. The Kier molecular flexibility index (Phi) is 2.03. The van der Waals surface area contributed by atoms with E-state index >= 15 is 0 Å². The Balaban J connectivity index is 2.82. The Hall–Kier alpha value is -1.36. The average Bonchev–Trinajstić information content (AvgIpc) is 2.59. The maximum Gasteiger partial charge on any atom is 0.267 e. The standard InChI is InChI=1S/C9H6F2O2S/c10-9(11)5-3-6(12)8-4(7(5)13)1-2-14-8/h1-3,9,12-13H. The van der Waals surface area contributed by atoms with Crippen molar-refractivity contribution in [2.24, 2.45) is 0 Å². The van der Waals surface area contributed by atoms with Crippen LogP contribution in [-0.2, 0) is 0 Å². The molecule has 0 fully saturated rings. The number of benzene rings is 1. The predicted octanol–water partition coefficient (Wildman–Crippen LogP) is 3.25. The molecule has 5 heteroatoms. The Morgan fingerprint density at radius 2 is 2.00 bits per heavy atom. The molecule has 0 unspecified atom stereocenters. The highest BCUT2D eigenvalue weighted by atomic mass is 32.1. The van der Waals surface area contributed by atoms with Gasteiger partial charge in [-0.1, -0.05) is 0 Å². The molecule has 1 heterocycles. The van der Waals surface area contributed by atoms with Crippen LogP contribution >= 0.6 is 11.3 Å². The number of hydrogen-bond acceptors (Lipinski definition) is 3. The van der Waals surface area contributed by atoms with Gasteiger partial charge in [0.15, 0.2) is 0 Å². The van der Waals surface area contributed by atoms with Gasteiger partial charge in [0.25, 0.3) is 6.43 Å². The number of thiophene rings is 1. The maximum absolute atomic E-state index is 12.4. The van der Waals surface area contributed by atoms with E-state index in [2.05, 4.69) is 0 Å². The molecule has 0 atom stereocenters. The normalized spacial score (nSPS) is 11.4. The van der Waals surface area contributed by atoms with Gasteiger partial charge in [-0.2, -0.15) is 0 Å². The number of aromatic hydroxyl groups is 2. The summed E-state index contributed by atoms with van der Waals surface area (Å²) in [4.78, 5) is 0. The molecular formula is C9H6F2O2S. The van der Waals surface area contributed by atoms with E-state index in [1.54, 1.807) is 5.38 Å². The van der Waals surface area contributed by atoms with Crippen LogP contribution in [-0.4, -0.2) is 10.2 Å². The Labute approximate surface area is 82.0 Å². The van der Waals surface area contributed by atoms with Gasteiger partial charge in [-0.3, -0.25) is 0 Å². The van der Waals surface area contributed by atoms with E-state index in [0.717, 1.165) is 6.07 Å². The van der Waals surface area contributed by atoms with E-state index < -0.39 is 17.7 Å². The molecule has 0 spiro atoms. The number of fused-ring (bicyclic) bond motifs is 1. The van der Waals surface area contributed by atoms with Crippen molar-refractivity contribution in [3.63, 3.8) is 0 Å². The third-order valence-electron chi connectivity index (χ3n) is 1.95. The molecule has 0 saturated heterocycles. The van der Waals surface area contributed by atoms with Crippen LogP contribution in [0.1, 0.15) is 12.0 Å². The third-order valence-corrected chi connectivity index (χ3v) is 2.89. The minimum Gasteiger partial charge on any atom is -0.507 e. The van der Waals surface area contributed by atoms with Crippen LogP contribution in [0.4, 0.5) is 8.78 Å². The fourth-order valence-corrected chi connectivity index (χ4v) is 2.11. The number of rotatable bonds is 1. The predicted molar refractivity (Wildman–Crippen MR) is 50.1 cm³/mol. The zero-order chi connectivity index (χ0) is 10.3. The Morgan fingerprint density at radius 3 is 2.64 bits per heavy atom. The third kappa shape index (κ3) is 1.21. The van der Waals surface area contributed by atoms with Gasteiger partial charge in [-0.25, -0.2) is 8.78 Å². The summed E-state index contributed by atoms with van der Waals surface area (Å²) in [6, 6.07) is 2.40. The molecule has 14 heavy (non-hydrogen) atoms. The van der Waals surface area contributed by atoms with Crippen molar-refractivity contribution in [3.05, 3.63) is 23.1 Å². The second-order valence-electron chi connectivity index (χ2n) is 2.80. The highest BCUT2D eigenvalue weighted by Crippen LogP contribution is 2.41. The van der Waals surface area contributed by atoms with Gasteiger partial charge >= 0.3 is 0 Å². The first-order chi connectivity index (χ1) is 6.61. The topological polar surface area (TPSA) is 40.5 Å². The van der Waals surface area contributed by atoms with Crippen molar-refractivity contribution in [1.29, 1.82) is 0 Å². The van der Waals surface area contributed by atoms with Crippen molar-refractivity contribution < 1.29 is 19.0 Å². The summed E-state index contributed by atoms with van der Waals surface area (Å²) in [6.07, 6.45) is -2.79. The lowest BCUT2D eigenvalue weighted by atomic mass is 10.1. The minimum absolute atomic E-state index is 0.219. The van der Waals surface area contributed by atoms with Gasteiger partial charge in [-0.15, -0.1) is 11.3 Å². The maximum atomic E-state index is 12.4. The molecule has 2 rings (SSSR count). The number of halogens is 2. The molecule has 2 nitrogen and oxygen atoms in total. The number of phenolic OH excluding ortho intramolecular Hbond substituents is 2. The summed E-state index contributed by atoms with van der Waals surface area (Å²) >= 11 is 1.19. The molecule has 2 aromatic rings.